The topological polar surface area (TPSA) is 44.4 Å². The molecule has 1 aromatic rings. The SMILES string of the molecule is Cc1cc(F)c2c(c1)N1CCNCC[C@@H]1NC2=O. The van der Waals surface area contributed by atoms with Gasteiger partial charge in [-0.2, -0.15) is 0 Å². The fourth-order valence-corrected chi connectivity index (χ4v) is 2.71. The lowest BCUT2D eigenvalue weighted by Gasteiger charge is -2.37. The molecule has 0 saturated carbocycles. The molecule has 0 spiro atoms. The van der Waals surface area contributed by atoms with E-state index in [9.17, 15) is 9.18 Å². The monoisotopic (exact) mass is 249 g/mol. The third kappa shape index (κ3) is 1.75. The van der Waals surface area contributed by atoms with Crippen molar-refractivity contribution >= 4 is 11.6 Å². The maximum atomic E-state index is 13.9. The van der Waals surface area contributed by atoms with Crippen molar-refractivity contribution in [2.75, 3.05) is 24.5 Å². The van der Waals surface area contributed by atoms with Gasteiger partial charge in [-0.1, -0.05) is 0 Å². The van der Waals surface area contributed by atoms with Crippen LogP contribution in [-0.4, -0.2) is 31.7 Å². The van der Waals surface area contributed by atoms with Crippen molar-refractivity contribution in [3.8, 4) is 0 Å². The van der Waals surface area contributed by atoms with Crippen LogP contribution in [0.25, 0.3) is 0 Å². The van der Waals surface area contributed by atoms with E-state index in [0.29, 0.717) is 0 Å². The number of benzene rings is 1. The van der Waals surface area contributed by atoms with E-state index in [1.54, 1.807) is 0 Å². The molecule has 2 heterocycles. The van der Waals surface area contributed by atoms with E-state index >= 15 is 0 Å². The Hall–Kier alpha value is -1.62. The van der Waals surface area contributed by atoms with Gasteiger partial charge in [0.1, 0.15) is 12.0 Å². The molecule has 2 aliphatic rings. The molecular weight excluding hydrogens is 233 g/mol. The van der Waals surface area contributed by atoms with Gasteiger partial charge in [-0.3, -0.25) is 4.79 Å². The van der Waals surface area contributed by atoms with Crippen LogP contribution < -0.4 is 15.5 Å². The average Bonchev–Trinajstić information content (AvgIpc) is 2.53. The van der Waals surface area contributed by atoms with Crippen molar-refractivity contribution in [1.29, 1.82) is 0 Å². The van der Waals surface area contributed by atoms with Gasteiger partial charge in [0.25, 0.3) is 5.91 Å². The van der Waals surface area contributed by atoms with Crippen molar-refractivity contribution in [3.63, 3.8) is 0 Å². The summed E-state index contributed by atoms with van der Waals surface area (Å²) in [6.07, 6.45) is 0.807. The fraction of sp³-hybridized carbons (Fsp3) is 0.462. The molecule has 1 aromatic carbocycles. The predicted molar refractivity (Wildman–Crippen MR) is 67.2 cm³/mol. The number of nitrogens with one attached hydrogen (secondary N) is 2. The molecule has 4 nitrogen and oxygen atoms in total. The van der Waals surface area contributed by atoms with Crippen LogP contribution in [0.2, 0.25) is 0 Å². The Morgan fingerprint density at radius 1 is 1.39 bits per heavy atom. The largest absolute Gasteiger partial charge is 0.349 e. The average molecular weight is 249 g/mol. The van der Waals surface area contributed by atoms with Gasteiger partial charge < -0.3 is 15.5 Å². The second kappa shape index (κ2) is 4.24. The lowest BCUT2D eigenvalue weighted by Crippen LogP contribution is -2.53. The quantitative estimate of drug-likeness (QED) is 0.721. The third-order valence-corrected chi connectivity index (χ3v) is 3.55. The van der Waals surface area contributed by atoms with Crippen LogP contribution in [-0.2, 0) is 0 Å². The van der Waals surface area contributed by atoms with Crippen LogP contribution in [0.3, 0.4) is 0 Å². The van der Waals surface area contributed by atoms with Crippen LogP contribution >= 0.6 is 0 Å². The molecule has 3 rings (SSSR count). The first kappa shape index (κ1) is 11.5. The summed E-state index contributed by atoms with van der Waals surface area (Å²) in [7, 11) is 0. The van der Waals surface area contributed by atoms with Gasteiger partial charge in [0, 0.05) is 13.1 Å². The number of hydrogen-bond acceptors (Lipinski definition) is 3. The van der Waals surface area contributed by atoms with Crippen LogP contribution in [0.4, 0.5) is 10.1 Å². The van der Waals surface area contributed by atoms with E-state index in [2.05, 4.69) is 15.5 Å². The first-order valence-electron chi connectivity index (χ1n) is 6.25. The van der Waals surface area contributed by atoms with E-state index in [0.717, 1.165) is 37.3 Å². The number of fused-ring (bicyclic) bond motifs is 3. The summed E-state index contributed by atoms with van der Waals surface area (Å²) >= 11 is 0. The van der Waals surface area contributed by atoms with Gasteiger partial charge in [-0.05, 0) is 37.6 Å². The minimum Gasteiger partial charge on any atom is -0.349 e. The molecule has 2 aliphatic heterocycles. The number of hydrogen-bond donors (Lipinski definition) is 2. The fourth-order valence-electron chi connectivity index (χ4n) is 2.71. The first-order chi connectivity index (χ1) is 8.66. The number of carbonyl (C=O) groups is 1. The molecule has 5 heteroatoms. The Labute approximate surface area is 105 Å². The van der Waals surface area contributed by atoms with Crippen molar-refractivity contribution in [3.05, 3.63) is 29.1 Å². The zero-order chi connectivity index (χ0) is 12.7. The smallest absolute Gasteiger partial charge is 0.257 e. The van der Waals surface area contributed by atoms with Gasteiger partial charge in [0.2, 0.25) is 0 Å². The highest BCUT2D eigenvalue weighted by Crippen LogP contribution is 2.30. The van der Waals surface area contributed by atoms with Crippen molar-refractivity contribution in [2.45, 2.75) is 19.5 Å². The third-order valence-electron chi connectivity index (χ3n) is 3.55. The summed E-state index contributed by atoms with van der Waals surface area (Å²) in [5, 5.41) is 6.17. The van der Waals surface area contributed by atoms with Gasteiger partial charge >= 0.3 is 0 Å². The number of amides is 1. The molecule has 0 aromatic heterocycles. The highest BCUT2D eigenvalue weighted by molar-refractivity contribution is 6.02. The summed E-state index contributed by atoms with van der Waals surface area (Å²) in [4.78, 5) is 14.1. The normalized spacial score (nSPS) is 22.9. The number of anilines is 1. The molecule has 96 valence electrons. The number of halogens is 1. The number of rotatable bonds is 0. The van der Waals surface area contributed by atoms with Gasteiger partial charge in [-0.25, -0.2) is 4.39 Å². The van der Waals surface area contributed by atoms with Crippen LogP contribution in [0.15, 0.2) is 12.1 Å². The number of nitrogens with zero attached hydrogens (tertiary/aromatic N) is 1. The summed E-state index contributed by atoms with van der Waals surface area (Å²) < 4.78 is 13.9. The van der Waals surface area contributed by atoms with E-state index in [-0.39, 0.29) is 17.6 Å². The molecule has 1 amide bonds. The first-order valence-corrected chi connectivity index (χ1v) is 6.25. The lowest BCUT2D eigenvalue weighted by atomic mass is 10.0. The molecule has 2 N–H and O–H groups in total. The summed E-state index contributed by atoms with van der Waals surface area (Å²) in [5.41, 5.74) is 1.75. The number of carbonyl (C=O) groups excluding carboxylic acids is 1. The Kier molecular flexibility index (Phi) is 2.70. The van der Waals surface area contributed by atoms with Gasteiger partial charge in [-0.15, -0.1) is 0 Å². The molecule has 0 bridgehead atoms. The molecule has 0 unspecified atom stereocenters. The van der Waals surface area contributed by atoms with E-state index < -0.39 is 5.82 Å². The molecule has 1 saturated heterocycles. The van der Waals surface area contributed by atoms with Crippen molar-refractivity contribution in [1.82, 2.24) is 10.6 Å². The molecular formula is C13H16FN3O. The van der Waals surface area contributed by atoms with E-state index in [1.807, 2.05) is 13.0 Å². The van der Waals surface area contributed by atoms with E-state index in [1.165, 1.54) is 6.07 Å². The molecule has 18 heavy (non-hydrogen) atoms. The highest BCUT2D eigenvalue weighted by Gasteiger charge is 2.33. The van der Waals surface area contributed by atoms with Gasteiger partial charge in [0.15, 0.2) is 0 Å². The molecule has 0 aliphatic carbocycles. The van der Waals surface area contributed by atoms with Crippen molar-refractivity contribution in [2.24, 2.45) is 0 Å². The summed E-state index contributed by atoms with van der Waals surface area (Å²) in [6.45, 7) is 4.34. The second-order valence-corrected chi connectivity index (χ2v) is 4.86. The minimum atomic E-state index is -0.432. The molecule has 1 atom stereocenters. The zero-order valence-electron chi connectivity index (χ0n) is 10.3. The summed E-state index contributed by atoms with van der Waals surface area (Å²) in [6, 6.07) is 3.31. The lowest BCUT2D eigenvalue weighted by molar-refractivity contribution is 0.0922. The molecule has 1 fully saturated rings. The van der Waals surface area contributed by atoms with Crippen LogP contribution in [0, 0.1) is 12.7 Å². The van der Waals surface area contributed by atoms with Gasteiger partial charge in [0.05, 0.1) is 11.3 Å². The number of aryl methyl sites for hydroxylation is 1. The van der Waals surface area contributed by atoms with Crippen LogP contribution in [0.1, 0.15) is 22.3 Å². The Morgan fingerprint density at radius 3 is 3.06 bits per heavy atom. The minimum absolute atomic E-state index is 0.0267. The maximum absolute atomic E-state index is 13.9. The van der Waals surface area contributed by atoms with E-state index in [4.69, 9.17) is 0 Å². The zero-order valence-corrected chi connectivity index (χ0v) is 10.3. The highest BCUT2D eigenvalue weighted by atomic mass is 19.1. The molecule has 0 radical (unpaired) electrons. The second-order valence-electron chi connectivity index (χ2n) is 4.86. The maximum Gasteiger partial charge on any atom is 0.257 e. The Bertz CT molecular complexity index is 503. The predicted octanol–water partition coefficient (Wildman–Crippen LogP) is 1.00. The van der Waals surface area contributed by atoms with Crippen LogP contribution in [0.5, 0.6) is 0 Å². The Morgan fingerprint density at radius 2 is 2.22 bits per heavy atom. The standard InChI is InChI=1S/C13H16FN3O/c1-8-6-9(14)12-10(7-8)17-5-4-15-3-2-11(17)16-13(12)18/h6-7,11,15H,2-5H2,1H3,(H,16,18)/t11-/m1/s1. The van der Waals surface area contributed by atoms with Crippen molar-refractivity contribution < 1.29 is 9.18 Å². The Balaban J connectivity index is 2.12. The summed E-state index contributed by atoms with van der Waals surface area (Å²) in [5.74, 6) is -0.733.